The van der Waals surface area contributed by atoms with Gasteiger partial charge in [0.2, 0.25) is 0 Å². The predicted molar refractivity (Wildman–Crippen MR) is 118 cm³/mol. The first-order valence-electron chi connectivity index (χ1n) is 10.5. The number of amides is 1. The van der Waals surface area contributed by atoms with Gasteiger partial charge < -0.3 is 19.5 Å². The van der Waals surface area contributed by atoms with Gasteiger partial charge in [0.15, 0.2) is 0 Å². The maximum atomic E-state index is 14.7. The van der Waals surface area contributed by atoms with E-state index in [1.54, 1.807) is 30.7 Å². The fraction of sp³-hybridized carbons (Fsp3) is 0.333. The number of aromatic nitrogens is 2. The summed E-state index contributed by atoms with van der Waals surface area (Å²) in [5, 5.41) is 2.87. The quantitative estimate of drug-likeness (QED) is 0.659. The number of carbonyl (C=O) groups excluding carboxylic acids is 1. The number of nitrogens with zero attached hydrogens (tertiary/aromatic N) is 3. The average Bonchev–Trinajstić information content (AvgIpc) is 3.25. The molecule has 7 heteroatoms. The molecule has 0 spiro atoms. The fourth-order valence-electron chi connectivity index (χ4n) is 3.93. The van der Waals surface area contributed by atoms with E-state index in [9.17, 15) is 9.18 Å². The maximum absolute atomic E-state index is 14.7. The summed E-state index contributed by atoms with van der Waals surface area (Å²) in [7, 11) is 0. The van der Waals surface area contributed by atoms with Gasteiger partial charge in [-0.15, -0.1) is 0 Å². The molecule has 1 aliphatic heterocycles. The zero-order chi connectivity index (χ0) is 21.8. The van der Waals surface area contributed by atoms with Crippen LogP contribution in [-0.2, 0) is 17.8 Å². The van der Waals surface area contributed by atoms with E-state index in [-0.39, 0.29) is 30.5 Å². The number of nitrogens with one attached hydrogen (secondary N) is 1. The second-order valence-corrected chi connectivity index (χ2v) is 8.06. The van der Waals surface area contributed by atoms with Crippen LogP contribution >= 0.6 is 0 Å². The Balaban J connectivity index is 1.34. The molecular weight excluding hydrogens is 395 g/mol. The molecule has 1 aliphatic rings. The van der Waals surface area contributed by atoms with Crippen molar-refractivity contribution in [3.63, 3.8) is 0 Å². The molecule has 2 heterocycles. The molecule has 0 saturated carbocycles. The van der Waals surface area contributed by atoms with Crippen molar-refractivity contribution in [2.45, 2.75) is 39.1 Å². The van der Waals surface area contributed by atoms with Crippen molar-refractivity contribution in [1.29, 1.82) is 0 Å². The van der Waals surface area contributed by atoms with Crippen LogP contribution in [0.2, 0.25) is 0 Å². The molecule has 3 aromatic rings. The Morgan fingerprint density at radius 2 is 1.84 bits per heavy atom. The number of hydrogen-bond acceptors (Lipinski definition) is 4. The molecule has 1 saturated heterocycles. The summed E-state index contributed by atoms with van der Waals surface area (Å²) in [5.41, 5.74) is 2.95. The van der Waals surface area contributed by atoms with E-state index >= 15 is 0 Å². The molecule has 0 radical (unpaired) electrons. The van der Waals surface area contributed by atoms with Gasteiger partial charge in [0.1, 0.15) is 5.82 Å². The van der Waals surface area contributed by atoms with E-state index in [0.29, 0.717) is 30.9 Å². The SMILES string of the molecule is CC1CN(c2ccc(CNC(=O)c3ccc(Cn4ccnc4)cc3)cc2F)CC(C)O1. The van der Waals surface area contributed by atoms with Gasteiger partial charge in [0.05, 0.1) is 24.2 Å². The van der Waals surface area contributed by atoms with Crippen molar-refractivity contribution in [2.24, 2.45) is 0 Å². The highest BCUT2D eigenvalue weighted by molar-refractivity contribution is 5.94. The number of rotatable bonds is 6. The highest BCUT2D eigenvalue weighted by atomic mass is 19.1. The van der Waals surface area contributed by atoms with E-state index in [0.717, 1.165) is 11.1 Å². The molecule has 1 amide bonds. The fourth-order valence-corrected chi connectivity index (χ4v) is 3.93. The lowest BCUT2D eigenvalue weighted by molar-refractivity contribution is -0.00539. The molecule has 6 nitrogen and oxygen atoms in total. The molecule has 2 unspecified atom stereocenters. The molecule has 1 aromatic heterocycles. The molecule has 31 heavy (non-hydrogen) atoms. The van der Waals surface area contributed by atoms with Crippen LogP contribution in [0.25, 0.3) is 0 Å². The van der Waals surface area contributed by atoms with E-state index in [4.69, 9.17) is 4.74 Å². The first kappa shape index (κ1) is 21.1. The Bertz CT molecular complexity index is 1010. The average molecular weight is 423 g/mol. The summed E-state index contributed by atoms with van der Waals surface area (Å²) < 4.78 is 22.4. The highest BCUT2D eigenvalue weighted by Gasteiger charge is 2.24. The molecule has 1 fully saturated rings. The zero-order valence-corrected chi connectivity index (χ0v) is 17.8. The van der Waals surface area contributed by atoms with Crippen LogP contribution in [0.1, 0.15) is 35.3 Å². The van der Waals surface area contributed by atoms with Crippen molar-refractivity contribution in [2.75, 3.05) is 18.0 Å². The number of anilines is 1. The Labute approximate surface area is 181 Å². The van der Waals surface area contributed by atoms with Crippen molar-refractivity contribution in [3.05, 3.63) is 83.7 Å². The van der Waals surface area contributed by atoms with Gasteiger partial charge in [0.25, 0.3) is 5.91 Å². The molecule has 2 aromatic carbocycles. The molecule has 0 aliphatic carbocycles. The Morgan fingerprint density at radius 3 is 2.48 bits per heavy atom. The Kier molecular flexibility index (Phi) is 6.32. The minimum absolute atomic E-state index is 0.0634. The Morgan fingerprint density at radius 1 is 1.13 bits per heavy atom. The topological polar surface area (TPSA) is 59.4 Å². The number of imidazole rings is 1. The third-order valence-corrected chi connectivity index (χ3v) is 5.37. The Hall–Kier alpha value is -3.19. The number of carbonyl (C=O) groups is 1. The van der Waals surface area contributed by atoms with Gasteiger partial charge in [-0.25, -0.2) is 9.37 Å². The van der Waals surface area contributed by atoms with Gasteiger partial charge in [0, 0.05) is 44.1 Å². The molecule has 2 atom stereocenters. The lowest BCUT2D eigenvalue weighted by atomic mass is 10.1. The number of ether oxygens (including phenoxy) is 1. The molecule has 0 bridgehead atoms. The number of hydrogen-bond donors (Lipinski definition) is 1. The van der Waals surface area contributed by atoms with Gasteiger partial charge >= 0.3 is 0 Å². The number of benzene rings is 2. The van der Waals surface area contributed by atoms with Crippen LogP contribution in [0.4, 0.5) is 10.1 Å². The van der Waals surface area contributed by atoms with Crippen molar-refractivity contribution in [1.82, 2.24) is 14.9 Å². The number of morpholine rings is 1. The number of halogens is 1. The minimum Gasteiger partial charge on any atom is -0.372 e. The molecule has 4 rings (SSSR count). The normalized spacial score (nSPS) is 18.7. The smallest absolute Gasteiger partial charge is 0.251 e. The third-order valence-electron chi connectivity index (χ3n) is 5.37. The van der Waals surface area contributed by atoms with Crippen LogP contribution in [-0.4, -0.2) is 40.8 Å². The van der Waals surface area contributed by atoms with Crippen LogP contribution in [0, 0.1) is 5.82 Å². The largest absolute Gasteiger partial charge is 0.372 e. The first-order chi connectivity index (χ1) is 15.0. The standard InChI is InChI=1S/C24H27FN4O2/c1-17-13-29(14-18(2)31-17)23-8-5-20(11-22(23)25)12-27-24(30)21-6-3-19(4-7-21)15-28-10-9-26-16-28/h3-11,16-18H,12-15H2,1-2H3,(H,27,30). The summed E-state index contributed by atoms with van der Waals surface area (Å²) in [6, 6.07) is 12.6. The predicted octanol–water partition coefficient (Wildman–Crippen LogP) is 3.61. The monoisotopic (exact) mass is 422 g/mol. The summed E-state index contributed by atoms with van der Waals surface area (Å²) in [6.07, 6.45) is 5.51. The molecule has 162 valence electrons. The van der Waals surface area contributed by atoms with Crippen LogP contribution in [0.5, 0.6) is 0 Å². The van der Waals surface area contributed by atoms with Gasteiger partial charge in [-0.3, -0.25) is 4.79 Å². The van der Waals surface area contributed by atoms with Crippen LogP contribution < -0.4 is 10.2 Å². The van der Waals surface area contributed by atoms with E-state index in [1.807, 2.05) is 47.7 Å². The second-order valence-electron chi connectivity index (χ2n) is 8.06. The lowest BCUT2D eigenvalue weighted by Gasteiger charge is -2.37. The van der Waals surface area contributed by atoms with Gasteiger partial charge in [-0.05, 0) is 49.2 Å². The van der Waals surface area contributed by atoms with E-state index < -0.39 is 0 Å². The summed E-state index contributed by atoms with van der Waals surface area (Å²) in [5.74, 6) is -0.466. The summed E-state index contributed by atoms with van der Waals surface area (Å²) in [6.45, 7) is 6.28. The summed E-state index contributed by atoms with van der Waals surface area (Å²) >= 11 is 0. The lowest BCUT2D eigenvalue weighted by Crippen LogP contribution is -2.45. The highest BCUT2D eigenvalue weighted by Crippen LogP contribution is 2.24. The minimum atomic E-state index is -0.281. The zero-order valence-electron chi connectivity index (χ0n) is 17.8. The van der Waals surface area contributed by atoms with Gasteiger partial charge in [-0.2, -0.15) is 0 Å². The molecular formula is C24H27FN4O2. The van der Waals surface area contributed by atoms with Crippen LogP contribution in [0.15, 0.2) is 61.2 Å². The van der Waals surface area contributed by atoms with E-state index in [2.05, 4.69) is 10.3 Å². The van der Waals surface area contributed by atoms with E-state index in [1.165, 1.54) is 6.07 Å². The van der Waals surface area contributed by atoms with Gasteiger partial charge in [-0.1, -0.05) is 18.2 Å². The third kappa shape index (κ3) is 5.30. The van der Waals surface area contributed by atoms with Crippen molar-refractivity contribution >= 4 is 11.6 Å². The molecule has 1 N–H and O–H groups in total. The second kappa shape index (κ2) is 9.31. The summed E-state index contributed by atoms with van der Waals surface area (Å²) in [4.78, 5) is 18.5. The van der Waals surface area contributed by atoms with Crippen molar-refractivity contribution < 1.29 is 13.9 Å². The maximum Gasteiger partial charge on any atom is 0.251 e. The van der Waals surface area contributed by atoms with Crippen LogP contribution in [0.3, 0.4) is 0 Å². The van der Waals surface area contributed by atoms with Crippen molar-refractivity contribution in [3.8, 4) is 0 Å². The first-order valence-corrected chi connectivity index (χ1v) is 10.5.